The molecule has 1 saturated heterocycles. The standard InChI is InChI=1S/C18H19ClN2O3/c1-2-12-3-5-14(6-4-12)21-17(22)13-9-16(19)18(20-10-13)24-15-7-8-23-11-15/h3-6,9-10,15H,2,7-8,11H2,1H3,(H,21,22). The Labute approximate surface area is 145 Å². The monoisotopic (exact) mass is 346 g/mol. The Bertz CT molecular complexity index is 713. The molecule has 1 aliphatic heterocycles. The number of hydrogen-bond donors (Lipinski definition) is 1. The molecule has 1 atom stereocenters. The Hall–Kier alpha value is -2.11. The molecule has 1 aromatic heterocycles. The van der Waals surface area contributed by atoms with Crippen molar-refractivity contribution in [3.05, 3.63) is 52.7 Å². The van der Waals surface area contributed by atoms with Gasteiger partial charge < -0.3 is 14.8 Å². The zero-order valence-corrected chi connectivity index (χ0v) is 14.2. The smallest absolute Gasteiger partial charge is 0.257 e. The van der Waals surface area contributed by atoms with Crippen LogP contribution < -0.4 is 10.1 Å². The van der Waals surface area contributed by atoms with Crippen LogP contribution >= 0.6 is 11.6 Å². The summed E-state index contributed by atoms with van der Waals surface area (Å²) in [4.78, 5) is 16.5. The van der Waals surface area contributed by atoms with Crippen molar-refractivity contribution < 1.29 is 14.3 Å². The van der Waals surface area contributed by atoms with Gasteiger partial charge in [0.05, 0.1) is 18.8 Å². The van der Waals surface area contributed by atoms with Crippen LogP contribution in [0.3, 0.4) is 0 Å². The Balaban J connectivity index is 1.66. The number of aryl methyl sites for hydroxylation is 1. The Morgan fingerprint density at radius 1 is 1.42 bits per heavy atom. The molecule has 0 aliphatic carbocycles. The number of carbonyl (C=O) groups is 1. The molecular weight excluding hydrogens is 328 g/mol. The van der Waals surface area contributed by atoms with Crippen LogP contribution in [0.2, 0.25) is 5.02 Å². The number of aromatic nitrogens is 1. The van der Waals surface area contributed by atoms with Crippen LogP contribution in [0.1, 0.15) is 29.3 Å². The van der Waals surface area contributed by atoms with E-state index in [2.05, 4.69) is 17.2 Å². The minimum Gasteiger partial charge on any atom is -0.471 e. The second kappa shape index (κ2) is 7.64. The van der Waals surface area contributed by atoms with E-state index in [0.717, 1.165) is 18.5 Å². The predicted molar refractivity (Wildman–Crippen MR) is 92.9 cm³/mol. The van der Waals surface area contributed by atoms with E-state index in [9.17, 15) is 4.79 Å². The fourth-order valence-corrected chi connectivity index (χ4v) is 2.64. The van der Waals surface area contributed by atoms with Gasteiger partial charge in [0.1, 0.15) is 11.1 Å². The number of halogens is 1. The third kappa shape index (κ3) is 4.04. The maximum atomic E-state index is 12.3. The normalized spacial score (nSPS) is 16.8. The molecule has 1 aliphatic rings. The van der Waals surface area contributed by atoms with Gasteiger partial charge in [0, 0.05) is 18.3 Å². The number of rotatable bonds is 5. The first kappa shape index (κ1) is 16.7. The highest BCUT2D eigenvalue weighted by Crippen LogP contribution is 2.25. The minimum atomic E-state index is -0.260. The Morgan fingerprint density at radius 3 is 2.83 bits per heavy atom. The third-order valence-electron chi connectivity index (χ3n) is 3.86. The highest BCUT2D eigenvalue weighted by atomic mass is 35.5. The van der Waals surface area contributed by atoms with Gasteiger partial charge in [-0.25, -0.2) is 4.98 Å². The van der Waals surface area contributed by atoms with Crippen LogP contribution in [0, 0.1) is 0 Å². The Kier molecular flexibility index (Phi) is 5.33. The van der Waals surface area contributed by atoms with Crippen LogP contribution in [0.5, 0.6) is 5.88 Å². The molecule has 2 aromatic rings. The zero-order valence-electron chi connectivity index (χ0n) is 13.4. The summed E-state index contributed by atoms with van der Waals surface area (Å²) in [6, 6.07) is 9.30. The van der Waals surface area contributed by atoms with Crippen molar-refractivity contribution in [1.82, 2.24) is 4.98 Å². The van der Waals surface area contributed by atoms with Gasteiger partial charge in [0.25, 0.3) is 5.91 Å². The lowest BCUT2D eigenvalue weighted by Gasteiger charge is -2.12. The molecule has 1 N–H and O–H groups in total. The van der Waals surface area contributed by atoms with Crippen LogP contribution in [0.4, 0.5) is 5.69 Å². The molecule has 0 bridgehead atoms. The second-order valence-electron chi connectivity index (χ2n) is 5.62. The molecule has 6 heteroatoms. The van der Waals surface area contributed by atoms with Crippen LogP contribution in [0.15, 0.2) is 36.5 Å². The fraction of sp³-hybridized carbons (Fsp3) is 0.333. The predicted octanol–water partition coefficient (Wildman–Crippen LogP) is 3.72. The molecule has 2 heterocycles. The SMILES string of the molecule is CCc1ccc(NC(=O)c2cnc(OC3CCOC3)c(Cl)c2)cc1. The van der Waals surface area contributed by atoms with Crippen LogP contribution in [-0.2, 0) is 11.2 Å². The first-order chi connectivity index (χ1) is 11.7. The number of nitrogens with zero attached hydrogens (tertiary/aromatic N) is 1. The van der Waals surface area contributed by atoms with E-state index in [4.69, 9.17) is 21.1 Å². The van der Waals surface area contributed by atoms with Gasteiger partial charge in [-0.3, -0.25) is 4.79 Å². The lowest BCUT2D eigenvalue weighted by Crippen LogP contribution is -2.17. The zero-order chi connectivity index (χ0) is 16.9. The number of ether oxygens (including phenoxy) is 2. The van der Waals surface area contributed by atoms with E-state index in [0.29, 0.717) is 29.7 Å². The summed E-state index contributed by atoms with van der Waals surface area (Å²) in [5.74, 6) is 0.0698. The molecule has 0 saturated carbocycles. The molecule has 0 radical (unpaired) electrons. The summed E-state index contributed by atoms with van der Waals surface area (Å²) in [5.41, 5.74) is 2.33. The average molecular weight is 347 g/mol. The van der Waals surface area contributed by atoms with Gasteiger partial charge in [-0.05, 0) is 30.2 Å². The molecular formula is C18H19ClN2O3. The number of nitrogens with one attached hydrogen (secondary N) is 1. The quantitative estimate of drug-likeness (QED) is 0.896. The summed E-state index contributed by atoms with van der Waals surface area (Å²) < 4.78 is 10.9. The van der Waals surface area contributed by atoms with E-state index < -0.39 is 0 Å². The summed E-state index contributed by atoms with van der Waals surface area (Å²) in [7, 11) is 0. The maximum absolute atomic E-state index is 12.3. The molecule has 0 spiro atoms. The molecule has 3 rings (SSSR count). The van der Waals surface area contributed by atoms with E-state index in [-0.39, 0.29) is 12.0 Å². The number of hydrogen-bond acceptors (Lipinski definition) is 4. The molecule has 126 valence electrons. The highest BCUT2D eigenvalue weighted by molar-refractivity contribution is 6.32. The molecule has 1 fully saturated rings. The van der Waals surface area contributed by atoms with E-state index in [1.165, 1.54) is 11.8 Å². The summed E-state index contributed by atoms with van der Waals surface area (Å²) >= 11 is 6.19. The molecule has 1 amide bonds. The van der Waals surface area contributed by atoms with Gasteiger partial charge in [-0.2, -0.15) is 0 Å². The number of anilines is 1. The molecule has 1 aromatic carbocycles. The van der Waals surface area contributed by atoms with Crippen molar-refractivity contribution in [2.45, 2.75) is 25.9 Å². The molecule has 5 nitrogen and oxygen atoms in total. The van der Waals surface area contributed by atoms with E-state index in [1.54, 1.807) is 6.07 Å². The minimum absolute atomic E-state index is 0.0354. The summed E-state index contributed by atoms with van der Waals surface area (Å²) in [6.45, 7) is 3.30. The number of benzene rings is 1. The van der Waals surface area contributed by atoms with Crippen LogP contribution in [-0.4, -0.2) is 30.2 Å². The third-order valence-corrected chi connectivity index (χ3v) is 4.13. The van der Waals surface area contributed by atoms with Crippen molar-refractivity contribution >= 4 is 23.2 Å². The lowest BCUT2D eigenvalue weighted by molar-refractivity contribution is 0.102. The topological polar surface area (TPSA) is 60.5 Å². The van der Waals surface area contributed by atoms with Gasteiger partial charge in [-0.1, -0.05) is 30.7 Å². The van der Waals surface area contributed by atoms with Crippen molar-refractivity contribution in [3.63, 3.8) is 0 Å². The number of pyridine rings is 1. The lowest BCUT2D eigenvalue weighted by atomic mass is 10.1. The van der Waals surface area contributed by atoms with Gasteiger partial charge in [-0.15, -0.1) is 0 Å². The van der Waals surface area contributed by atoms with E-state index in [1.807, 2.05) is 24.3 Å². The van der Waals surface area contributed by atoms with E-state index >= 15 is 0 Å². The first-order valence-corrected chi connectivity index (χ1v) is 8.33. The van der Waals surface area contributed by atoms with Crippen molar-refractivity contribution in [2.75, 3.05) is 18.5 Å². The van der Waals surface area contributed by atoms with Gasteiger partial charge in [0.15, 0.2) is 0 Å². The Morgan fingerprint density at radius 2 is 2.21 bits per heavy atom. The van der Waals surface area contributed by atoms with Crippen molar-refractivity contribution in [1.29, 1.82) is 0 Å². The summed E-state index contributed by atoms with van der Waals surface area (Å²) in [6.07, 6.45) is 3.20. The second-order valence-corrected chi connectivity index (χ2v) is 6.03. The van der Waals surface area contributed by atoms with Crippen molar-refractivity contribution in [2.24, 2.45) is 0 Å². The van der Waals surface area contributed by atoms with Crippen LogP contribution in [0.25, 0.3) is 0 Å². The van der Waals surface area contributed by atoms with Gasteiger partial charge >= 0.3 is 0 Å². The first-order valence-electron chi connectivity index (χ1n) is 7.96. The highest BCUT2D eigenvalue weighted by Gasteiger charge is 2.20. The largest absolute Gasteiger partial charge is 0.471 e. The van der Waals surface area contributed by atoms with Crippen molar-refractivity contribution in [3.8, 4) is 5.88 Å². The number of amides is 1. The number of carbonyl (C=O) groups excluding carboxylic acids is 1. The molecule has 1 unspecified atom stereocenters. The van der Waals surface area contributed by atoms with Gasteiger partial charge in [0.2, 0.25) is 5.88 Å². The summed E-state index contributed by atoms with van der Waals surface area (Å²) in [5, 5.41) is 3.15. The maximum Gasteiger partial charge on any atom is 0.257 e. The molecule has 24 heavy (non-hydrogen) atoms. The average Bonchev–Trinajstić information content (AvgIpc) is 3.10. The fourth-order valence-electron chi connectivity index (χ4n) is 2.43.